The average Bonchev–Trinajstić information content (AvgIpc) is 2.69. The van der Waals surface area contributed by atoms with Crippen LogP contribution < -0.4 is 20.1 Å². The third-order valence-electron chi connectivity index (χ3n) is 4.19. The highest BCUT2D eigenvalue weighted by Gasteiger charge is 2.12. The predicted molar refractivity (Wildman–Crippen MR) is 107 cm³/mol. The number of halogens is 1. The number of hydrogen-bond acceptors (Lipinski definition) is 3. The number of nitrogens with zero attached hydrogens (tertiary/aromatic N) is 1. The highest BCUT2D eigenvalue weighted by atomic mass is 19.1. The van der Waals surface area contributed by atoms with Crippen molar-refractivity contribution in [1.82, 2.24) is 10.6 Å². The minimum Gasteiger partial charge on any atom is -0.496 e. The number of benzene rings is 2. The number of hydrogen-bond donors (Lipinski definition) is 2. The summed E-state index contributed by atoms with van der Waals surface area (Å²) in [6.07, 6.45) is -0.216. The van der Waals surface area contributed by atoms with E-state index < -0.39 is 0 Å². The van der Waals surface area contributed by atoms with Crippen molar-refractivity contribution in [2.24, 2.45) is 4.99 Å². The van der Waals surface area contributed by atoms with E-state index in [0.717, 1.165) is 11.3 Å². The zero-order valence-electron chi connectivity index (χ0n) is 16.3. The number of nitrogens with one attached hydrogen (secondary N) is 2. The van der Waals surface area contributed by atoms with Gasteiger partial charge in [0.25, 0.3) is 0 Å². The van der Waals surface area contributed by atoms with Crippen LogP contribution in [0.5, 0.6) is 11.5 Å². The predicted octanol–water partition coefficient (Wildman–Crippen LogP) is 3.57. The van der Waals surface area contributed by atoms with Crippen molar-refractivity contribution >= 4 is 5.96 Å². The maximum atomic E-state index is 13.7. The molecule has 2 atom stereocenters. The fourth-order valence-corrected chi connectivity index (χ4v) is 2.69. The summed E-state index contributed by atoms with van der Waals surface area (Å²) >= 11 is 0. The molecule has 0 fully saturated rings. The van der Waals surface area contributed by atoms with Crippen LogP contribution in [0.15, 0.2) is 53.5 Å². The van der Waals surface area contributed by atoms with Crippen LogP contribution in [0.2, 0.25) is 0 Å². The Morgan fingerprint density at radius 3 is 2.30 bits per heavy atom. The quantitative estimate of drug-likeness (QED) is 0.549. The Kier molecular flexibility index (Phi) is 7.92. The van der Waals surface area contributed by atoms with E-state index in [9.17, 15) is 4.39 Å². The summed E-state index contributed by atoms with van der Waals surface area (Å²) in [6, 6.07) is 14.4. The van der Waals surface area contributed by atoms with Crippen molar-refractivity contribution in [3.63, 3.8) is 0 Å². The molecule has 0 aliphatic carbocycles. The second-order valence-corrected chi connectivity index (χ2v) is 6.34. The molecule has 2 aromatic carbocycles. The lowest BCUT2D eigenvalue weighted by atomic mass is 10.0. The van der Waals surface area contributed by atoms with Gasteiger partial charge in [-0.2, -0.15) is 0 Å². The van der Waals surface area contributed by atoms with E-state index in [4.69, 9.17) is 9.47 Å². The van der Waals surface area contributed by atoms with Gasteiger partial charge in [-0.15, -0.1) is 0 Å². The lowest BCUT2D eigenvalue weighted by Crippen LogP contribution is -2.43. The SMILES string of the molecule is CN=C(NCC(C)Oc1ccccc1F)NCC(C)c1ccccc1OC. The van der Waals surface area contributed by atoms with Gasteiger partial charge in [0.15, 0.2) is 17.5 Å². The maximum absolute atomic E-state index is 13.7. The van der Waals surface area contributed by atoms with Gasteiger partial charge in [0.05, 0.1) is 13.7 Å². The van der Waals surface area contributed by atoms with Crippen molar-refractivity contribution < 1.29 is 13.9 Å². The smallest absolute Gasteiger partial charge is 0.191 e. The third kappa shape index (κ3) is 6.16. The van der Waals surface area contributed by atoms with Crippen molar-refractivity contribution in [2.45, 2.75) is 25.9 Å². The Bertz CT molecular complexity index is 752. The summed E-state index contributed by atoms with van der Waals surface area (Å²) < 4.78 is 24.7. The molecule has 2 aromatic rings. The fourth-order valence-electron chi connectivity index (χ4n) is 2.69. The van der Waals surface area contributed by atoms with E-state index in [0.29, 0.717) is 19.0 Å². The molecule has 0 aliphatic rings. The minimum atomic E-state index is -0.363. The van der Waals surface area contributed by atoms with Crippen LogP contribution in [0, 0.1) is 5.82 Å². The number of aliphatic imine (C=N–C) groups is 1. The van der Waals surface area contributed by atoms with Gasteiger partial charge in [0.2, 0.25) is 0 Å². The summed E-state index contributed by atoms with van der Waals surface area (Å²) in [5, 5.41) is 6.51. The van der Waals surface area contributed by atoms with Gasteiger partial charge in [-0.1, -0.05) is 37.3 Å². The Morgan fingerprint density at radius 1 is 1.00 bits per heavy atom. The van der Waals surface area contributed by atoms with Gasteiger partial charge < -0.3 is 20.1 Å². The standard InChI is InChI=1S/C21H28FN3O2/c1-15(17-9-5-7-11-19(17)26-4)13-24-21(23-3)25-14-16(2)27-20-12-8-6-10-18(20)22/h5-12,15-16H,13-14H2,1-4H3,(H2,23,24,25). The lowest BCUT2D eigenvalue weighted by molar-refractivity contribution is 0.214. The van der Waals surface area contributed by atoms with Gasteiger partial charge >= 0.3 is 0 Å². The summed E-state index contributed by atoms with van der Waals surface area (Å²) in [5.41, 5.74) is 1.14. The maximum Gasteiger partial charge on any atom is 0.191 e. The molecule has 0 bridgehead atoms. The zero-order valence-corrected chi connectivity index (χ0v) is 16.3. The number of para-hydroxylation sites is 2. The van der Waals surface area contributed by atoms with Crippen LogP contribution in [-0.2, 0) is 0 Å². The van der Waals surface area contributed by atoms with Crippen LogP contribution in [0.3, 0.4) is 0 Å². The Morgan fingerprint density at radius 2 is 1.63 bits per heavy atom. The second kappa shape index (κ2) is 10.4. The summed E-state index contributed by atoms with van der Waals surface area (Å²) in [5.74, 6) is 1.67. The minimum absolute atomic E-state index is 0.216. The van der Waals surface area contributed by atoms with Gasteiger partial charge in [-0.25, -0.2) is 4.39 Å². The topological polar surface area (TPSA) is 54.9 Å². The van der Waals surface area contributed by atoms with Gasteiger partial charge in [-0.3, -0.25) is 4.99 Å². The molecular formula is C21H28FN3O2. The van der Waals surface area contributed by atoms with Crippen LogP contribution in [0.25, 0.3) is 0 Å². The first kappa shape index (κ1) is 20.6. The lowest BCUT2D eigenvalue weighted by Gasteiger charge is -2.20. The summed E-state index contributed by atoms with van der Waals surface area (Å²) in [4.78, 5) is 4.23. The first-order valence-electron chi connectivity index (χ1n) is 9.03. The Hall–Kier alpha value is -2.76. The highest BCUT2D eigenvalue weighted by Crippen LogP contribution is 2.25. The third-order valence-corrected chi connectivity index (χ3v) is 4.19. The first-order chi connectivity index (χ1) is 13.0. The van der Waals surface area contributed by atoms with Crippen LogP contribution in [-0.4, -0.2) is 39.3 Å². The Labute approximate surface area is 160 Å². The normalized spacial score (nSPS) is 13.6. The van der Waals surface area contributed by atoms with Gasteiger partial charge in [0, 0.05) is 19.5 Å². The van der Waals surface area contributed by atoms with E-state index in [1.165, 1.54) is 6.07 Å². The molecule has 0 amide bonds. The number of guanidine groups is 1. The molecule has 0 radical (unpaired) electrons. The molecule has 0 heterocycles. The van der Waals surface area contributed by atoms with Crippen LogP contribution in [0.4, 0.5) is 4.39 Å². The molecule has 0 saturated carbocycles. The van der Waals surface area contributed by atoms with E-state index in [2.05, 4.69) is 28.6 Å². The van der Waals surface area contributed by atoms with E-state index in [1.807, 2.05) is 25.1 Å². The number of rotatable bonds is 8. The van der Waals surface area contributed by atoms with Crippen LogP contribution >= 0.6 is 0 Å². The summed E-state index contributed by atoms with van der Waals surface area (Å²) in [6.45, 7) is 5.20. The van der Waals surface area contributed by atoms with Crippen molar-refractivity contribution in [2.75, 3.05) is 27.2 Å². The zero-order chi connectivity index (χ0) is 19.6. The summed E-state index contributed by atoms with van der Waals surface area (Å²) in [7, 11) is 3.39. The van der Waals surface area contributed by atoms with Gasteiger partial charge in [0.1, 0.15) is 11.9 Å². The molecule has 146 valence electrons. The molecule has 27 heavy (non-hydrogen) atoms. The highest BCUT2D eigenvalue weighted by molar-refractivity contribution is 5.79. The molecule has 0 aromatic heterocycles. The van der Waals surface area contributed by atoms with Crippen LogP contribution in [0.1, 0.15) is 25.3 Å². The van der Waals surface area contributed by atoms with Crippen molar-refractivity contribution in [3.05, 3.63) is 59.9 Å². The molecule has 2 N–H and O–H groups in total. The molecule has 2 rings (SSSR count). The molecule has 6 heteroatoms. The molecule has 0 aliphatic heterocycles. The molecule has 5 nitrogen and oxygen atoms in total. The number of methoxy groups -OCH3 is 1. The Balaban J connectivity index is 1.82. The second-order valence-electron chi connectivity index (χ2n) is 6.34. The molecule has 0 saturated heterocycles. The van der Waals surface area contributed by atoms with Crippen molar-refractivity contribution in [3.8, 4) is 11.5 Å². The van der Waals surface area contributed by atoms with E-state index in [1.54, 1.807) is 32.4 Å². The van der Waals surface area contributed by atoms with Gasteiger partial charge in [-0.05, 0) is 30.7 Å². The van der Waals surface area contributed by atoms with Crippen molar-refractivity contribution in [1.29, 1.82) is 0 Å². The number of ether oxygens (including phenoxy) is 2. The van der Waals surface area contributed by atoms with E-state index in [-0.39, 0.29) is 23.6 Å². The van der Waals surface area contributed by atoms with E-state index >= 15 is 0 Å². The largest absolute Gasteiger partial charge is 0.496 e. The molecule has 0 spiro atoms. The fraction of sp³-hybridized carbons (Fsp3) is 0.381. The molecular weight excluding hydrogens is 345 g/mol. The monoisotopic (exact) mass is 373 g/mol. The average molecular weight is 373 g/mol. The first-order valence-corrected chi connectivity index (χ1v) is 9.03. The molecule has 2 unspecified atom stereocenters.